The Labute approximate surface area is 123 Å². The normalized spacial score (nSPS) is 10.7. The average molecular weight is 347 g/mol. The van der Waals surface area contributed by atoms with Gasteiger partial charge in [-0.2, -0.15) is 0 Å². The molecule has 19 heavy (non-hydrogen) atoms. The Hall–Kier alpha value is -0.970. The monoisotopic (exact) mass is 345 g/mol. The van der Waals surface area contributed by atoms with E-state index in [4.69, 9.17) is 11.6 Å². The van der Waals surface area contributed by atoms with Crippen LogP contribution in [0.15, 0.2) is 40.9 Å². The van der Waals surface area contributed by atoms with E-state index in [1.165, 1.54) is 18.2 Å². The zero-order chi connectivity index (χ0) is 13.8. The summed E-state index contributed by atoms with van der Waals surface area (Å²) < 4.78 is 26.6. The molecule has 5 heteroatoms. The summed E-state index contributed by atoms with van der Waals surface area (Å²) in [5.41, 5.74) is 1.85. The van der Waals surface area contributed by atoms with Crippen molar-refractivity contribution in [3.63, 3.8) is 0 Å². The molecule has 0 atom stereocenters. The van der Waals surface area contributed by atoms with Gasteiger partial charge >= 0.3 is 0 Å². The number of hydrogen-bond acceptors (Lipinski definition) is 1. The second-order valence-electron chi connectivity index (χ2n) is 4.09. The smallest absolute Gasteiger partial charge is 0.141 e. The summed E-state index contributed by atoms with van der Waals surface area (Å²) in [4.78, 5) is 0. The van der Waals surface area contributed by atoms with Crippen LogP contribution in [-0.4, -0.2) is 0 Å². The van der Waals surface area contributed by atoms with E-state index in [9.17, 15) is 8.78 Å². The quantitative estimate of drug-likeness (QED) is 0.848. The molecule has 0 aromatic heterocycles. The SMILES string of the molecule is Fc1ccc(CNCc2ccc(F)c(Cl)c2)c(Br)c1. The summed E-state index contributed by atoms with van der Waals surface area (Å²) in [6, 6.07) is 9.15. The van der Waals surface area contributed by atoms with E-state index in [1.54, 1.807) is 18.2 Å². The highest BCUT2D eigenvalue weighted by molar-refractivity contribution is 9.10. The van der Waals surface area contributed by atoms with Gasteiger partial charge in [0.25, 0.3) is 0 Å². The zero-order valence-corrected chi connectivity index (χ0v) is 12.2. The van der Waals surface area contributed by atoms with E-state index in [0.29, 0.717) is 13.1 Å². The lowest BCUT2D eigenvalue weighted by molar-refractivity contribution is 0.622. The van der Waals surface area contributed by atoms with Gasteiger partial charge in [0.1, 0.15) is 11.6 Å². The van der Waals surface area contributed by atoms with E-state index >= 15 is 0 Å². The minimum Gasteiger partial charge on any atom is -0.309 e. The third kappa shape index (κ3) is 4.00. The number of halogens is 4. The van der Waals surface area contributed by atoms with Gasteiger partial charge in [-0.15, -0.1) is 0 Å². The Morgan fingerprint density at radius 3 is 2.53 bits per heavy atom. The zero-order valence-electron chi connectivity index (χ0n) is 9.89. The predicted octanol–water partition coefficient (Wildman–Crippen LogP) is 4.67. The van der Waals surface area contributed by atoms with Crippen LogP contribution >= 0.6 is 27.5 Å². The van der Waals surface area contributed by atoms with Crippen LogP contribution in [0.1, 0.15) is 11.1 Å². The van der Waals surface area contributed by atoms with Gasteiger partial charge in [-0.05, 0) is 35.4 Å². The van der Waals surface area contributed by atoms with Gasteiger partial charge in [0.2, 0.25) is 0 Å². The fourth-order valence-electron chi connectivity index (χ4n) is 1.66. The molecule has 2 rings (SSSR count). The Morgan fingerprint density at radius 1 is 1.05 bits per heavy atom. The molecule has 0 aliphatic rings. The fourth-order valence-corrected chi connectivity index (χ4v) is 2.35. The van der Waals surface area contributed by atoms with Crippen molar-refractivity contribution in [3.05, 3.63) is 68.7 Å². The largest absolute Gasteiger partial charge is 0.309 e. The maximum Gasteiger partial charge on any atom is 0.141 e. The standard InChI is InChI=1S/C14H11BrClF2N/c15-12-6-11(17)3-2-10(12)8-19-7-9-1-4-14(18)13(16)5-9/h1-6,19H,7-8H2. The first-order chi connectivity index (χ1) is 9.06. The maximum absolute atomic E-state index is 13.0. The van der Waals surface area contributed by atoms with E-state index < -0.39 is 5.82 Å². The van der Waals surface area contributed by atoms with Crippen molar-refractivity contribution in [2.45, 2.75) is 13.1 Å². The molecular weight excluding hydrogens is 336 g/mol. The van der Waals surface area contributed by atoms with Crippen molar-refractivity contribution in [1.82, 2.24) is 5.32 Å². The van der Waals surface area contributed by atoms with Crippen molar-refractivity contribution in [2.24, 2.45) is 0 Å². The average Bonchev–Trinajstić information content (AvgIpc) is 2.36. The minimum atomic E-state index is -0.424. The molecule has 1 nitrogen and oxygen atoms in total. The molecule has 0 amide bonds. The molecule has 1 N–H and O–H groups in total. The van der Waals surface area contributed by atoms with E-state index in [2.05, 4.69) is 21.2 Å². The minimum absolute atomic E-state index is 0.113. The van der Waals surface area contributed by atoms with Gasteiger partial charge in [0, 0.05) is 17.6 Å². The third-order valence-corrected chi connectivity index (χ3v) is 3.67. The fraction of sp³-hybridized carbons (Fsp3) is 0.143. The van der Waals surface area contributed by atoms with Crippen LogP contribution in [0.2, 0.25) is 5.02 Å². The second-order valence-corrected chi connectivity index (χ2v) is 5.35. The molecular formula is C14H11BrClF2N. The van der Waals surface area contributed by atoms with Crippen LogP contribution < -0.4 is 5.32 Å². The van der Waals surface area contributed by atoms with Crippen molar-refractivity contribution in [1.29, 1.82) is 0 Å². The van der Waals surface area contributed by atoms with Gasteiger partial charge in [0.05, 0.1) is 5.02 Å². The summed E-state index contributed by atoms with van der Waals surface area (Å²) in [6.07, 6.45) is 0. The molecule has 100 valence electrons. The highest BCUT2D eigenvalue weighted by Gasteiger charge is 2.03. The molecule has 0 saturated carbocycles. The predicted molar refractivity (Wildman–Crippen MR) is 76.1 cm³/mol. The lowest BCUT2D eigenvalue weighted by atomic mass is 10.2. The Kier molecular flexibility index (Phi) is 4.91. The topological polar surface area (TPSA) is 12.0 Å². The number of hydrogen-bond donors (Lipinski definition) is 1. The second kappa shape index (κ2) is 6.46. The number of rotatable bonds is 4. The molecule has 0 fully saturated rings. The van der Waals surface area contributed by atoms with Crippen molar-refractivity contribution >= 4 is 27.5 Å². The summed E-state index contributed by atoms with van der Waals surface area (Å²) in [7, 11) is 0. The first-order valence-corrected chi connectivity index (χ1v) is 6.82. The van der Waals surface area contributed by atoms with Crippen LogP contribution in [0, 0.1) is 11.6 Å². The first kappa shape index (κ1) is 14.4. The number of benzene rings is 2. The Bertz CT molecular complexity index is 590. The molecule has 0 heterocycles. The lowest BCUT2D eigenvalue weighted by Crippen LogP contribution is -2.13. The first-order valence-electron chi connectivity index (χ1n) is 5.65. The highest BCUT2D eigenvalue weighted by Crippen LogP contribution is 2.19. The molecule has 0 bridgehead atoms. The summed E-state index contributed by atoms with van der Waals surface area (Å²) in [6.45, 7) is 1.14. The van der Waals surface area contributed by atoms with Gasteiger partial charge in [0.15, 0.2) is 0 Å². The third-order valence-electron chi connectivity index (χ3n) is 2.64. The highest BCUT2D eigenvalue weighted by atomic mass is 79.9. The van der Waals surface area contributed by atoms with Gasteiger partial charge < -0.3 is 5.32 Å². The molecule has 0 spiro atoms. The molecule has 2 aromatic carbocycles. The molecule has 0 aliphatic carbocycles. The van der Waals surface area contributed by atoms with Gasteiger partial charge in [-0.3, -0.25) is 0 Å². The molecule has 0 aliphatic heterocycles. The Balaban J connectivity index is 1.94. The van der Waals surface area contributed by atoms with Crippen LogP contribution in [0.5, 0.6) is 0 Å². The Morgan fingerprint density at radius 2 is 1.84 bits per heavy atom. The summed E-state index contributed by atoms with van der Waals surface area (Å²) in [5, 5.41) is 3.30. The van der Waals surface area contributed by atoms with Gasteiger partial charge in [-0.1, -0.05) is 39.7 Å². The lowest BCUT2D eigenvalue weighted by Gasteiger charge is -2.07. The molecule has 0 radical (unpaired) electrons. The van der Waals surface area contributed by atoms with Crippen LogP contribution in [0.3, 0.4) is 0 Å². The van der Waals surface area contributed by atoms with Crippen LogP contribution in [0.25, 0.3) is 0 Å². The molecule has 0 unspecified atom stereocenters. The van der Waals surface area contributed by atoms with Crippen molar-refractivity contribution < 1.29 is 8.78 Å². The summed E-state index contributed by atoms with van der Waals surface area (Å²) in [5.74, 6) is -0.701. The van der Waals surface area contributed by atoms with Crippen molar-refractivity contribution in [2.75, 3.05) is 0 Å². The van der Waals surface area contributed by atoms with Crippen molar-refractivity contribution in [3.8, 4) is 0 Å². The van der Waals surface area contributed by atoms with Crippen LogP contribution in [-0.2, 0) is 13.1 Å². The summed E-state index contributed by atoms with van der Waals surface area (Å²) >= 11 is 9.00. The number of nitrogens with one attached hydrogen (secondary N) is 1. The maximum atomic E-state index is 13.0. The molecule has 2 aromatic rings. The van der Waals surface area contributed by atoms with Gasteiger partial charge in [-0.25, -0.2) is 8.78 Å². The van der Waals surface area contributed by atoms with Crippen LogP contribution in [0.4, 0.5) is 8.78 Å². The molecule has 0 saturated heterocycles. The van der Waals surface area contributed by atoms with E-state index in [-0.39, 0.29) is 10.8 Å². The van der Waals surface area contributed by atoms with E-state index in [1.807, 2.05) is 0 Å². The van der Waals surface area contributed by atoms with E-state index in [0.717, 1.165) is 15.6 Å².